The molecular weight excluding hydrogens is 234 g/mol. The summed E-state index contributed by atoms with van der Waals surface area (Å²) in [4.78, 5) is 23.1. The van der Waals surface area contributed by atoms with Crippen molar-refractivity contribution in [1.29, 1.82) is 0 Å². The lowest BCUT2D eigenvalue weighted by Gasteiger charge is -2.12. The van der Waals surface area contributed by atoms with E-state index < -0.39 is 6.09 Å². The molecule has 1 aliphatic heterocycles. The lowest BCUT2D eigenvalue weighted by Crippen LogP contribution is -2.27. The number of Topliss-reactive ketones (excluding diaryl/α,β-unsaturated/α-hetero) is 1. The van der Waals surface area contributed by atoms with Crippen LogP contribution < -0.4 is 0 Å². The summed E-state index contributed by atoms with van der Waals surface area (Å²) in [7, 11) is 0. The summed E-state index contributed by atoms with van der Waals surface area (Å²) < 4.78 is 1.82. The van der Waals surface area contributed by atoms with Gasteiger partial charge in [-0.1, -0.05) is 0 Å². The van der Waals surface area contributed by atoms with E-state index in [0.717, 1.165) is 12.0 Å². The number of ketones is 1. The van der Waals surface area contributed by atoms with Crippen molar-refractivity contribution in [2.45, 2.75) is 32.2 Å². The van der Waals surface area contributed by atoms with Gasteiger partial charge in [-0.3, -0.25) is 4.68 Å². The largest absolute Gasteiger partial charge is 0.465 e. The van der Waals surface area contributed by atoms with Crippen molar-refractivity contribution < 1.29 is 14.7 Å². The van der Waals surface area contributed by atoms with Crippen LogP contribution in [0, 0.1) is 0 Å². The molecular formula is C12H17N3O3. The van der Waals surface area contributed by atoms with Crippen LogP contribution in [-0.2, 0) is 11.2 Å². The number of hydrogen-bond donors (Lipinski definition) is 1. The van der Waals surface area contributed by atoms with Crippen molar-refractivity contribution >= 4 is 11.9 Å². The van der Waals surface area contributed by atoms with E-state index in [1.807, 2.05) is 10.9 Å². The van der Waals surface area contributed by atoms with Crippen LogP contribution in [0.15, 0.2) is 12.4 Å². The van der Waals surface area contributed by atoms with Gasteiger partial charge in [0.05, 0.1) is 12.2 Å². The van der Waals surface area contributed by atoms with E-state index in [1.165, 1.54) is 4.90 Å². The van der Waals surface area contributed by atoms with Crippen molar-refractivity contribution in [3.05, 3.63) is 18.0 Å². The Morgan fingerprint density at radius 2 is 2.33 bits per heavy atom. The molecule has 1 aliphatic rings. The Morgan fingerprint density at radius 3 is 2.94 bits per heavy atom. The minimum absolute atomic E-state index is 0.118. The molecule has 0 radical (unpaired) electrons. The zero-order valence-corrected chi connectivity index (χ0v) is 10.4. The van der Waals surface area contributed by atoms with Crippen LogP contribution in [0.2, 0.25) is 0 Å². The fraction of sp³-hybridized carbons (Fsp3) is 0.583. The summed E-state index contributed by atoms with van der Waals surface area (Å²) in [6.07, 6.45) is 4.81. The third-order valence-corrected chi connectivity index (χ3v) is 3.23. The molecule has 98 valence electrons. The number of aryl methyl sites for hydroxylation is 1. The van der Waals surface area contributed by atoms with Gasteiger partial charge in [-0.15, -0.1) is 0 Å². The Labute approximate surface area is 105 Å². The standard InChI is InChI=1S/C12H17N3O3/c1-9(16)2-3-10-6-13-15(7-10)11-4-5-14(8-11)12(17)18/h6-7,11H,2-5,8H2,1H3,(H,17,18). The molecule has 0 aliphatic carbocycles. The predicted octanol–water partition coefficient (Wildman–Crippen LogP) is 1.33. The van der Waals surface area contributed by atoms with Crippen molar-refractivity contribution in [2.24, 2.45) is 0 Å². The second kappa shape index (κ2) is 5.20. The molecule has 0 spiro atoms. The Bertz CT molecular complexity index is 455. The number of amides is 1. The SMILES string of the molecule is CC(=O)CCc1cnn(C2CCN(C(=O)O)C2)c1. The number of rotatable bonds is 4. The van der Waals surface area contributed by atoms with Crippen molar-refractivity contribution in [1.82, 2.24) is 14.7 Å². The van der Waals surface area contributed by atoms with Crippen LogP contribution in [0.25, 0.3) is 0 Å². The predicted molar refractivity (Wildman–Crippen MR) is 64.5 cm³/mol. The van der Waals surface area contributed by atoms with E-state index in [2.05, 4.69) is 5.10 Å². The fourth-order valence-electron chi connectivity index (χ4n) is 2.16. The molecule has 0 aromatic carbocycles. The van der Waals surface area contributed by atoms with E-state index in [1.54, 1.807) is 13.1 Å². The molecule has 6 heteroatoms. The summed E-state index contributed by atoms with van der Waals surface area (Å²) in [5, 5.41) is 13.1. The topological polar surface area (TPSA) is 75.4 Å². The monoisotopic (exact) mass is 251 g/mol. The minimum atomic E-state index is -0.874. The first kappa shape index (κ1) is 12.6. The third-order valence-electron chi connectivity index (χ3n) is 3.23. The third kappa shape index (κ3) is 2.88. The van der Waals surface area contributed by atoms with Crippen molar-refractivity contribution in [2.75, 3.05) is 13.1 Å². The van der Waals surface area contributed by atoms with Crippen LogP contribution in [0.4, 0.5) is 4.79 Å². The van der Waals surface area contributed by atoms with Gasteiger partial charge in [-0.2, -0.15) is 5.10 Å². The Kier molecular flexibility index (Phi) is 3.64. The van der Waals surface area contributed by atoms with E-state index in [4.69, 9.17) is 5.11 Å². The maximum Gasteiger partial charge on any atom is 0.407 e. The fourth-order valence-corrected chi connectivity index (χ4v) is 2.16. The van der Waals surface area contributed by atoms with Crippen LogP contribution in [0.1, 0.15) is 31.4 Å². The number of nitrogens with zero attached hydrogens (tertiary/aromatic N) is 3. The Hall–Kier alpha value is -1.85. The van der Waals surface area contributed by atoms with Gasteiger partial charge in [0.25, 0.3) is 0 Å². The highest BCUT2D eigenvalue weighted by Crippen LogP contribution is 2.21. The summed E-state index contributed by atoms with van der Waals surface area (Å²) in [5.74, 6) is 0.167. The molecule has 1 aromatic rings. The lowest BCUT2D eigenvalue weighted by atomic mass is 10.1. The first-order chi connectivity index (χ1) is 8.56. The number of likely N-dealkylation sites (tertiary alicyclic amines) is 1. The van der Waals surface area contributed by atoms with Gasteiger partial charge in [-0.25, -0.2) is 4.79 Å². The summed E-state index contributed by atoms with van der Waals surface area (Å²) in [6.45, 7) is 2.62. The molecule has 2 rings (SSSR count). The van der Waals surface area contributed by atoms with E-state index >= 15 is 0 Å². The van der Waals surface area contributed by atoms with Gasteiger partial charge in [0.2, 0.25) is 0 Å². The molecule has 1 aromatic heterocycles. The van der Waals surface area contributed by atoms with Gasteiger partial charge in [0, 0.05) is 25.7 Å². The first-order valence-electron chi connectivity index (χ1n) is 6.06. The van der Waals surface area contributed by atoms with Crippen LogP contribution in [0.5, 0.6) is 0 Å². The van der Waals surface area contributed by atoms with Gasteiger partial charge in [0.15, 0.2) is 0 Å². The second-order valence-corrected chi connectivity index (χ2v) is 4.70. The van der Waals surface area contributed by atoms with E-state index in [9.17, 15) is 9.59 Å². The average molecular weight is 251 g/mol. The Balaban J connectivity index is 1.94. The molecule has 1 saturated heterocycles. The minimum Gasteiger partial charge on any atom is -0.465 e. The van der Waals surface area contributed by atoms with Crippen molar-refractivity contribution in [3.63, 3.8) is 0 Å². The molecule has 6 nitrogen and oxygen atoms in total. The molecule has 1 amide bonds. The highest BCUT2D eigenvalue weighted by Gasteiger charge is 2.27. The molecule has 0 saturated carbocycles. The zero-order valence-electron chi connectivity index (χ0n) is 10.4. The quantitative estimate of drug-likeness (QED) is 0.876. The van der Waals surface area contributed by atoms with Gasteiger partial charge in [0.1, 0.15) is 5.78 Å². The molecule has 2 heterocycles. The summed E-state index contributed by atoms with van der Waals surface area (Å²) in [5.41, 5.74) is 1.03. The number of aromatic nitrogens is 2. The van der Waals surface area contributed by atoms with Crippen LogP contribution in [-0.4, -0.2) is 44.8 Å². The lowest BCUT2D eigenvalue weighted by molar-refractivity contribution is -0.116. The average Bonchev–Trinajstić information content (AvgIpc) is 2.95. The summed E-state index contributed by atoms with van der Waals surface area (Å²) >= 11 is 0. The number of hydrogen-bond acceptors (Lipinski definition) is 3. The highest BCUT2D eigenvalue weighted by molar-refractivity contribution is 5.75. The second-order valence-electron chi connectivity index (χ2n) is 4.70. The van der Waals surface area contributed by atoms with Crippen molar-refractivity contribution in [3.8, 4) is 0 Å². The number of carbonyl (C=O) groups is 2. The van der Waals surface area contributed by atoms with Gasteiger partial charge >= 0.3 is 6.09 Å². The number of carbonyl (C=O) groups excluding carboxylic acids is 1. The Morgan fingerprint density at radius 1 is 1.56 bits per heavy atom. The van der Waals surface area contributed by atoms with Gasteiger partial charge in [-0.05, 0) is 25.3 Å². The van der Waals surface area contributed by atoms with E-state index in [0.29, 0.717) is 25.9 Å². The zero-order chi connectivity index (χ0) is 13.1. The maximum atomic E-state index is 10.9. The summed E-state index contributed by atoms with van der Waals surface area (Å²) in [6, 6.07) is 0.118. The van der Waals surface area contributed by atoms with E-state index in [-0.39, 0.29) is 11.8 Å². The van der Waals surface area contributed by atoms with Crippen LogP contribution >= 0.6 is 0 Å². The molecule has 1 atom stereocenters. The normalized spacial score (nSPS) is 19.2. The van der Waals surface area contributed by atoms with Gasteiger partial charge < -0.3 is 14.8 Å². The molecule has 18 heavy (non-hydrogen) atoms. The molecule has 1 fully saturated rings. The molecule has 1 N–H and O–H groups in total. The van der Waals surface area contributed by atoms with Crippen LogP contribution in [0.3, 0.4) is 0 Å². The smallest absolute Gasteiger partial charge is 0.407 e. The highest BCUT2D eigenvalue weighted by atomic mass is 16.4. The number of carboxylic acid groups (broad SMARTS) is 1. The maximum absolute atomic E-state index is 10.9. The first-order valence-corrected chi connectivity index (χ1v) is 6.06. The molecule has 0 bridgehead atoms. The molecule has 1 unspecified atom stereocenters.